The van der Waals surface area contributed by atoms with E-state index in [1.807, 2.05) is 20.8 Å². The van der Waals surface area contributed by atoms with Crippen molar-refractivity contribution in [1.82, 2.24) is 0 Å². The van der Waals surface area contributed by atoms with Gasteiger partial charge in [0.05, 0.1) is 13.2 Å². The van der Waals surface area contributed by atoms with Crippen molar-refractivity contribution in [3.8, 4) is 0 Å². The number of carbonyl (C=O) groups excluding carboxylic acids is 2. The summed E-state index contributed by atoms with van der Waals surface area (Å²) in [4.78, 5) is 24.3. The molecule has 0 amide bonds. The van der Waals surface area contributed by atoms with Crippen LogP contribution in [0.4, 0.5) is 0 Å². The van der Waals surface area contributed by atoms with Crippen LogP contribution in [0, 0.1) is 0 Å². The molecule has 6 nitrogen and oxygen atoms in total. The summed E-state index contributed by atoms with van der Waals surface area (Å²) < 4.78 is 15.5. The van der Waals surface area contributed by atoms with Crippen LogP contribution in [0.1, 0.15) is 53.9 Å². The molecule has 0 bridgehead atoms. The minimum Gasteiger partial charge on any atom is -0.463 e. The first-order valence-electron chi connectivity index (χ1n) is 7.48. The second kappa shape index (κ2) is 9.00. The molecule has 0 rings (SSSR count). The molecule has 124 valence electrons. The van der Waals surface area contributed by atoms with Crippen molar-refractivity contribution in [1.29, 1.82) is 0 Å². The smallest absolute Gasteiger partial charge is 0.341 e. The lowest BCUT2D eigenvalue weighted by atomic mass is 9.85. The number of rotatable bonds is 10. The van der Waals surface area contributed by atoms with Crippen LogP contribution in [0.2, 0.25) is 0 Å². The number of ether oxygens (including phenoxy) is 3. The fraction of sp³-hybridized carbons (Fsp3) is 0.867. The Hall–Kier alpha value is -1.14. The number of carbonyl (C=O) groups is 2. The number of hydrogen-bond donors (Lipinski definition) is 1. The van der Waals surface area contributed by atoms with Crippen molar-refractivity contribution in [2.24, 2.45) is 0 Å². The highest BCUT2D eigenvalue weighted by molar-refractivity contribution is 5.92. The Morgan fingerprint density at radius 3 is 1.71 bits per heavy atom. The minimum absolute atomic E-state index is 0.169. The summed E-state index contributed by atoms with van der Waals surface area (Å²) in [7, 11) is 0. The Bertz CT molecular complexity index is 339. The molecule has 0 saturated heterocycles. The van der Waals surface area contributed by atoms with Gasteiger partial charge < -0.3 is 19.3 Å². The third kappa shape index (κ3) is 4.97. The van der Waals surface area contributed by atoms with Crippen LogP contribution in [0.5, 0.6) is 0 Å². The molecule has 2 atom stereocenters. The van der Waals surface area contributed by atoms with Gasteiger partial charge in [0.15, 0.2) is 5.60 Å². The Morgan fingerprint density at radius 2 is 1.29 bits per heavy atom. The first-order chi connectivity index (χ1) is 9.77. The van der Waals surface area contributed by atoms with Crippen LogP contribution < -0.4 is 0 Å². The van der Waals surface area contributed by atoms with E-state index in [-0.39, 0.29) is 19.8 Å². The van der Waals surface area contributed by atoms with Crippen LogP contribution in [-0.2, 0) is 23.8 Å². The molecular weight excluding hydrogens is 276 g/mol. The van der Waals surface area contributed by atoms with Gasteiger partial charge in [-0.3, -0.25) is 0 Å². The molecule has 0 radical (unpaired) electrons. The molecule has 0 aromatic rings. The second-order valence-corrected chi connectivity index (χ2v) is 5.23. The van der Waals surface area contributed by atoms with Crippen molar-refractivity contribution >= 4 is 11.9 Å². The van der Waals surface area contributed by atoms with E-state index in [0.717, 1.165) is 0 Å². The average molecular weight is 304 g/mol. The van der Waals surface area contributed by atoms with E-state index >= 15 is 0 Å². The molecule has 0 fully saturated rings. The Morgan fingerprint density at radius 1 is 0.857 bits per heavy atom. The second-order valence-electron chi connectivity index (χ2n) is 5.23. The summed E-state index contributed by atoms with van der Waals surface area (Å²) in [5.41, 5.74) is -3.93. The van der Waals surface area contributed by atoms with Crippen molar-refractivity contribution in [3.05, 3.63) is 0 Å². The zero-order valence-electron chi connectivity index (χ0n) is 13.7. The molecule has 0 aliphatic rings. The van der Waals surface area contributed by atoms with Gasteiger partial charge >= 0.3 is 11.9 Å². The predicted molar refractivity (Wildman–Crippen MR) is 77.8 cm³/mol. The number of hydrogen-bond acceptors (Lipinski definition) is 6. The third-order valence-electron chi connectivity index (χ3n) is 3.19. The van der Waals surface area contributed by atoms with Gasteiger partial charge in [0.25, 0.3) is 0 Å². The SMILES string of the molecule is CCCOC(=O)C(C)(O)C(C)(OCCC)C(=O)OCCC. The van der Waals surface area contributed by atoms with Crippen molar-refractivity contribution in [3.63, 3.8) is 0 Å². The number of aliphatic hydroxyl groups is 1. The van der Waals surface area contributed by atoms with E-state index in [0.29, 0.717) is 19.3 Å². The highest BCUT2D eigenvalue weighted by Crippen LogP contribution is 2.29. The van der Waals surface area contributed by atoms with Crippen molar-refractivity contribution < 1.29 is 28.9 Å². The van der Waals surface area contributed by atoms with Crippen LogP contribution in [0.25, 0.3) is 0 Å². The van der Waals surface area contributed by atoms with Crippen molar-refractivity contribution in [2.45, 2.75) is 65.1 Å². The molecule has 21 heavy (non-hydrogen) atoms. The first kappa shape index (κ1) is 19.9. The molecular formula is C15H28O6. The maximum atomic E-state index is 12.2. The van der Waals surface area contributed by atoms with Gasteiger partial charge in [-0.2, -0.15) is 0 Å². The fourth-order valence-corrected chi connectivity index (χ4v) is 1.57. The molecule has 0 heterocycles. The monoisotopic (exact) mass is 304 g/mol. The standard InChI is InChI=1S/C15H28O6/c1-6-9-19-12(16)14(4,18)15(5,21-11-8-3)13(17)20-10-7-2/h18H,6-11H2,1-5H3. The van der Waals surface area contributed by atoms with Crippen LogP contribution in [-0.4, -0.2) is 48.1 Å². The fourth-order valence-electron chi connectivity index (χ4n) is 1.57. The summed E-state index contributed by atoms with van der Waals surface area (Å²) in [6, 6.07) is 0. The van der Waals surface area contributed by atoms with Crippen LogP contribution in [0.3, 0.4) is 0 Å². The molecule has 0 aromatic carbocycles. The Balaban J connectivity index is 5.24. The summed E-state index contributed by atoms with van der Waals surface area (Å²) in [6.45, 7) is 8.71. The average Bonchev–Trinajstić information content (AvgIpc) is 2.47. The van der Waals surface area contributed by atoms with Gasteiger partial charge in [-0.1, -0.05) is 20.8 Å². The topological polar surface area (TPSA) is 82.1 Å². The largest absolute Gasteiger partial charge is 0.463 e. The zero-order valence-corrected chi connectivity index (χ0v) is 13.7. The summed E-state index contributed by atoms with van der Waals surface area (Å²) in [5, 5.41) is 10.5. The van der Waals surface area contributed by atoms with E-state index in [9.17, 15) is 14.7 Å². The van der Waals surface area contributed by atoms with Crippen LogP contribution in [0.15, 0.2) is 0 Å². The lowest BCUT2D eigenvalue weighted by molar-refractivity contribution is -0.217. The van der Waals surface area contributed by atoms with Gasteiger partial charge in [-0.15, -0.1) is 0 Å². The lowest BCUT2D eigenvalue weighted by Gasteiger charge is -2.38. The molecule has 0 spiro atoms. The molecule has 2 unspecified atom stereocenters. The van der Waals surface area contributed by atoms with Gasteiger partial charge in [-0.05, 0) is 33.1 Å². The predicted octanol–water partition coefficient (Wildman–Crippen LogP) is 1.83. The highest BCUT2D eigenvalue weighted by atomic mass is 16.6. The lowest BCUT2D eigenvalue weighted by Crippen LogP contribution is -2.62. The quantitative estimate of drug-likeness (QED) is 0.620. The van der Waals surface area contributed by atoms with Gasteiger partial charge in [0, 0.05) is 6.61 Å². The van der Waals surface area contributed by atoms with E-state index < -0.39 is 23.1 Å². The molecule has 0 aromatic heterocycles. The summed E-state index contributed by atoms with van der Waals surface area (Å²) in [6.07, 6.45) is 1.89. The molecule has 6 heteroatoms. The molecule has 0 aliphatic carbocycles. The van der Waals surface area contributed by atoms with Gasteiger partial charge in [-0.25, -0.2) is 9.59 Å². The third-order valence-corrected chi connectivity index (χ3v) is 3.19. The number of esters is 2. The molecule has 0 aliphatic heterocycles. The maximum Gasteiger partial charge on any atom is 0.341 e. The highest BCUT2D eigenvalue weighted by Gasteiger charge is 2.57. The van der Waals surface area contributed by atoms with E-state index in [2.05, 4.69) is 0 Å². The van der Waals surface area contributed by atoms with E-state index in [4.69, 9.17) is 14.2 Å². The zero-order chi connectivity index (χ0) is 16.5. The van der Waals surface area contributed by atoms with Gasteiger partial charge in [0.2, 0.25) is 5.60 Å². The summed E-state index contributed by atoms with van der Waals surface area (Å²) in [5.74, 6) is -1.66. The Labute approximate surface area is 126 Å². The summed E-state index contributed by atoms with van der Waals surface area (Å²) >= 11 is 0. The molecule has 0 saturated carbocycles. The maximum absolute atomic E-state index is 12.2. The van der Waals surface area contributed by atoms with E-state index in [1.165, 1.54) is 13.8 Å². The normalized spacial score (nSPS) is 16.7. The molecule has 1 N–H and O–H groups in total. The van der Waals surface area contributed by atoms with Crippen LogP contribution >= 0.6 is 0 Å². The Kier molecular flexibility index (Phi) is 8.51. The minimum atomic E-state index is -2.12. The van der Waals surface area contributed by atoms with E-state index in [1.54, 1.807) is 0 Å². The van der Waals surface area contributed by atoms with Crippen molar-refractivity contribution in [2.75, 3.05) is 19.8 Å². The first-order valence-corrected chi connectivity index (χ1v) is 7.48. The van der Waals surface area contributed by atoms with Gasteiger partial charge in [0.1, 0.15) is 0 Å².